The maximum Gasteiger partial charge on any atom is 0.0619 e. The van der Waals surface area contributed by atoms with Crippen molar-refractivity contribution < 1.29 is 4.74 Å². The summed E-state index contributed by atoms with van der Waals surface area (Å²) < 4.78 is 5.51. The van der Waals surface area contributed by atoms with E-state index in [-0.39, 0.29) is 0 Å². The molecule has 0 spiro atoms. The summed E-state index contributed by atoms with van der Waals surface area (Å²) in [6.45, 7) is 6.68. The van der Waals surface area contributed by atoms with Crippen molar-refractivity contribution in [2.24, 2.45) is 11.8 Å². The molecule has 2 aliphatic rings. The van der Waals surface area contributed by atoms with Gasteiger partial charge in [-0.15, -0.1) is 0 Å². The lowest BCUT2D eigenvalue weighted by molar-refractivity contribution is 0.0608. The molecule has 1 saturated heterocycles. The molecule has 1 N–H and O–H groups in total. The summed E-state index contributed by atoms with van der Waals surface area (Å²) in [4.78, 5) is 0. The largest absolute Gasteiger partial charge is 0.380 e. The van der Waals surface area contributed by atoms with E-state index in [0.717, 1.165) is 31.1 Å². The first kappa shape index (κ1) is 11.4. The van der Waals surface area contributed by atoms with Gasteiger partial charge >= 0.3 is 0 Å². The standard InChI is InChI=1S/C13H25NO/c1-10-6-11(2)8-13(7-10)14-12-4-3-5-15-9-12/h10-14H,3-9H2,1-2H3. The Morgan fingerprint density at radius 2 is 1.73 bits per heavy atom. The maximum atomic E-state index is 5.51. The van der Waals surface area contributed by atoms with Gasteiger partial charge in [0.2, 0.25) is 0 Å². The zero-order valence-electron chi connectivity index (χ0n) is 10.2. The van der Waals surface area contributed by atoms with Crippen LogP contribution in [0.2, 0.25) is 0 Å². The van der Waals surface area contributed by atoms with Crippen molar-refractivity contribution in [3.63, 3.8) is 0 Å². The Morgan fingerprint density at radius 1 is 1.00 bits per heavy atom. The predicted molar refractivity (Wildman–Crippen MR) is 62.9 cm³/mol. The second kappa shape index (κ2) is 5.31. The minimum atomic E-state index is 0.626. The first-order valence-corrected chi connectivity index (χ1v) is 6.58. The second-order valence-electron chi connectivity index (χ2n) is 5.70. The SMILES string of the molecule is CC1CC(C)CC(NC2CCCOC2)C1. The van der Waals surface area contributed by atoms with Crippen LogP contribution in [0.4, 0.5) is 0 Å². The summed E-state index contributed by atoms with van der Waals surface area (Å²) in [5.41, 5.74) is 0. The third kappa shape index (κ3) is 3.46. The van der Waals surface area contributed by atoms with E-state index >= 15 is 0 Å². The third-order valence-electron chi connectivity index (χ3n) is 3.81. The van der Waals surface area contributed by atoms with Crippen LogP contribution in [0.15, 0.2) is 0 Å². The molecule has 2 rings (SSSR count). The lowest BCUT2D eigenvalue weighted by Crippen LogP contribution is -2.46. The Balaban J connectivity index is 1.77. The topological polar surface area (TPSA) is 21.3 Å². The minimum Gasteiger partial charge on any atom is -0.380 e. The molecule has 1 aliphatic heterocycles. The van der Waals surface area contributed by atoms with Crippen molar-refractivity contribution in [3.05, 3.63) is 0 Å². The van der Waals surface area contributed by atoms with E-state index in [9.17, 15) is 0 Å². The quantitative estimate of drug-likeness (QED) is 0.758. The van der Waals surface area contributed by atoms with E-state index in [1.54, 1.807) is 0 Å². The van der Waals surface area contributed by atoms with Gasteiger partial charge in [0.15, 0.2) is 0 Å². The number of hydrogen-bond donors (Lipinski definition) is 1. The summed E-state index contributed by atoms with van der Waals surface area (Å²) in [5, 5.41) is 3.79. The number of nitrogens with one attached hydrogen (secondary N) is 1. The Labute approximate surface area is 93.8 Å². The number of hydrogen-bond acceptors (Lipinski definition) is 2. The van der Waals surface area contributed by atoms with Crippen LogP contribution in [0.5, 0.6) is 0 Å². The molecule has 15 heavy (non-hydrogen) atoms. The fourth-order valence-corrected chi connectivity index (χ4v) is 3.29. The molecule has 1 heterocycles. The van der Waals surface area contributed by atoms with Crippen LogP contribution < -0.4 is 5.32 Å². The lowest BCUT2D eigenvalue weighted by atomic mass is 9.80. The van der Waals surface area contributed by atoms with E-state index in [0.29, 0.717) is 6.04 Å². The molecule has 0 amide bonds. The van der Waals surface area contributed by atoms with Crippen molar-refractivity contribution in [1.82, 2.24) is 5.32 Å². The summed E-state index contributed by atoms with van der Waals surface area (Å²) in [6, 6.07) is 1.37. The van der Waals surface area contributed by atoms with Crippen LogP contribution in [0.3, 0.4) is 0 Å². The van der Waals surface area contributed by atoms with Crippen molar-refractivity contribution in [1.29, 1.82) is 0 Å². The van der Waals surface area contributed by atoms with Crippen LogP contribution in [-0.4, -0.2) is 25.3 Å². The van der Waals surface area contributed by atoms with Gasteiger partial charge in [-0.3, -0.25) is 0 Å². The van der Waals surface area contributed by atoms with Gasteiger partial charge in [-0.1, -0.05) is 13.8 Å². The molecule has 0 radical (unpaired) electrons. The molecule has 0 aromatic rings. The van der Waals surface area contributed by atoms with Crippen molar-refractivity contribution in [3.8, 4) is 0 Å². The molecule has 0 aromatic heterocycles. The Bertz CT molecular complexity index is 179. The predicted octanol–water partition coefficient (Wildman–Crippen LogP) is 2.58. The second-order valence-corrected chi connectivity index (χ2v) is 5.70. The van der Waals surface area contributed by atoms with Gasteiger partial charge in [0.1, 0.15) is 0 Å². The lowest BCUT2D eigenvalue weighted by Gasteiger charge is -2.35. The molecular formula is C13H25NO. The zero-order chi connectivity index (χ0) is 10.7. The maximum absolute atomic E-state index is 5.51. The van der Waals surface area contributed by atoms with E-state index in [1.165, 1.54) is 32.1 Å². The zero-order valence-corrected chi connectivity index (χ0v) is 10.2. The molecule has 88 valence electrons. The Morgan fingerprint density at radius 3 is 2.33 bits per heavy atom. The van der Waals surface area contributed by atoms with E-state index in [2.05, 4.69) is 19.2 Å². The minimum absolute atomic E-state index is 0.626. The third-order valence-corrected chi connectivity index (χ3v) is 3.81. The average Bonchev–Trinajstić information content (AvgIpc) is 2.17. The summed E-state index contributed by atoms with van der Waals surface area (Å²) in [6.07, 6.45) is 6.68. The van der Waals surface area contributed by atoms with Gasteiger partial charge in [0.25, 0.3) is 0 Å². The fraction of sp³-hybridized carbons (Fsp3) is 1.00. The van der Waals surface area contributed by atoms with Crippen molar-refractivity contribution in [2.45, 2.75) is 58.0 Å². The highest BCUT2D eigenvalue weighted by Crippen LogP contribution is 2.29. The van der Waals surface area contributed by atoms with Gasteiger partial charge in [-0.05, 0) is 43.9 Å². The van der Waals surface area contributed by atoms with Crippen LogP contribution in [0.1, 0.15) is 46.0 Å². The van der Waals surface area contributed by atoms with Crippen molar-refractivity contribution in [2.75, 3.05) is 13.2 Å². The smallest absolute Gasteiger partial charge is 0.0619 e. The van der Waals surface area contributed by atoms with Crippen LogP contribution in [0, 0.1) is 11.8 Å². The van der Waals surface area contributed by atoms with E-state index in [1.807, 2.05) is 0 Å². The average molecular weight is 211 g/mol. The van der Waals surface area contributed by atoms with Crippen LogP contribution in [0.25, 0.3) is 0 Å². The molecular weight excluding hydrogens is 186 g/mol. The highest BCUT2D eigenvalue weighted by atomic mass is 16.5. The van der Waals surface area contributed by atoms with Crippen LogP contribution in [-0.2, 0) is 4.74 Å². The van der Waals surface area contributed by atoms with Crippen molar-refractivity contribution >= 4 is 0 Å². The molecule has 2 fully saturated rings. The molecule has 2 nitrogen and oxygen atoms in total. The summed E-state index contributed by atoms with van der Waals surface area (Å²) >= 11 is 0. The fourth-order valence-electron chi connectivity index (χ4n) is 3.29. The Hall–Kier alpha value is -0.0800. The van der Waals surface area contributed by atoms with E-state index < -0.39 is 0 Å². The van der Waals surface area contributed by atoms with Gasteiger partial charge in [-0.25, -0.2) is 0 Å². The van der Waals surface area contributed by atoms with Gasteiger partial charge in [-0.2, -0.15) is 0 Å². The normalized spacial score (nSPS) is 42.8. The highest BCUT2D eigenvalue weighted by molar-refractivity contribution is 4.83. The molecule has 3 atom stereocenters. The van der Waals surface area contributed by atoms with Crippen LogP contribution >= 0.6 is 0 Å². The molecule has 0 bridgehead atoms. The highest BCUT2D eigenvalue weighted by Gasteiger charge is 2.26. The Kier molecular flexibility index (Phi) is 4.04. The number of rotatable bonds is 2. The van der Waals surface area contributed by atoms with Gasteiger partial charge in [0, 0.05) is 18.7 Å². The molecule has 1 aliphatic carbocycles. The number of ether oxygens (including phenoxy) is 1. The molecule has 0 aromatic carbocycles. The summed E-state index contributed by atoms with van der Waals surface area (Å²) in [7, 11) is 0. The van der Waals surface area contributed by atoms with Gasteiger partial charge < -0.3 is 10.1 Å². The van der Waals surface area contributed by atoms with E-state index in [4.69, 9.17) is 4.74 Å². The monoisotopic (exact) mass is 211 g/mol. The van der Waals surface area contributed by atoms with Gasteiger partial charge in [0.05, 0.1) is 6.61 Å². The first-order valence-electron chi connectivity index (χ1n) is 6.58. The molecule has 1 saturated carbocycles. The first-order chi connectivity index (χ1) is 7.24. The molecule has 3 unspecified atom stereocenters. The summed E-state index contributed by atoms with van der Waals surface area (Å²) in [5.74, 6) is 1.80. The molecule has 2 heteroatoms.